The molecule has 1 fully saturated rings. The molecule has 0 heterocycles. The van der Waals surface area contributed by atoms with Crippen molar-refractivity contribution in [2.75, 3.05) is 0 Å². The molecule has 2 rings (SSSR count). The zero-order valence-electron chi connectivity index (χ0n) is 11.6. The molecule has 0 unspecified atom stereocenters. The fourth-order valence-corrected chi connectivity index (χ4v) is 2.50. The normalized spacial score (nSPS) is 23.5. The van der Waals surface area contributed by atoms with Crippen LogP contribution in [0, 0.1) is 11.3 Å². The Hall–Kier alpha value is -2.04. The lowest BCUT2D eigenvalue weighted by atomic mass is 9.58. The van der Waals surface area contributed by atoms with E-state index in [1.807, 2.05) is 44.2 Å². The summed E-state index contributed by atoms with van der Waals surface area (Å²) in [5.74, 6) is -1.23. The van der Waals surface area contributed by atoms with E-state index in [1.165, 1.54) is 0 Å². The van der Waals surface area contributed by atoms with Gasteiger partial charge in [-0.25, -0.2) is 4.79 Å². The second kappa shape index (κ2) is 5.53. The zero-order valence-corrected chi connectivity index (χ0v) is 11.6. The third kappa shape index (κ3) is 2.92. The summed E-state index contributed by atoms with van der Waals surface area (Å²) in [5.41, 5.74) is 0.469. The van der Waals surface area contributed by atoms with Gasteiger partial charge in [0.15, 0.2) is 0 Å². The van der Waals surface area contributed by atoms with E-state index >= 15 is 0 Å². The molecule has 0 bridgehead atoms. The molecule has 0 radical (unpaired) electrons. The number of carbonyl (C=O) groups is 2. The molecule has 0 spiro atoms. The molecular formula is C15H19NO4. The molecule has 0 saturated heterocycles. The predicted molar refractivity (Wildman–Crippen MR) is 73.1 cm³/mol. The van der Waals surface area contributed by atoms with E-state index < -0.39 is 23.4 Å². The van der Waals surface area contributed by atoms with Crippen LogP contribution in [0.25, 0.3) is 0 Å². The summed E-state index contributed by atoms with van der Waals surface area (Å²) < 4.78 is 5.13. The Morgan fingerprint density at radius 2 is 2.00 bits per heavy atom. The fourth-order valence-electron chi connectivity index (χ4n) is 2.50. The lowest BCUT2D eigenvalue weighted by molar-refractivity contribution is -0.155. The first-order valence-corrected chi connectivity index (χ1v) is 6.61. The van der Waals surface area contributed by atoms with Crippen LogP contribution >= 0.6 is 0 Å². The average molecular weight is 277 g/mol. The number of carbonyl (C=O) groups excluding carboxylic acids is 1. The third-order valence-electron chi connectivity index (χ3n) is 4.07. The van der Waals surface area contributed by atoms with E-state index in [1.54, 1.807) is 0 Å². The van der Waals surface area contributed by atoms with Crippen molar-refractivity contribution in [3.63, 3.8) is 0 Å². The molecule has 2 N–H and O–H groups in total. The first kappa shape index (κ1) is 14.4. The number of hydrogen-bond acceptors (Lipinski definition) is 3. The van der Waals surface area contributed by atoms with Gasteiger partial charge in [-0.2, -0.15) is 0 Å². The van der Waals surface area contributed by atoms with Gasteiger partial charge in [-0.1, -0.05) is 44.2 Å². The Labute approximate surface area is 117 Å². The molecule has 20 heavy (non-hydrogen) atoms. The maximum atomic E-state index is 11.7. The summed E-state index contributed by atoms with van der Waals surface area (Å²) in [6, 6.07) is 9.24. The van der Waals surface area contributed by atoms with Gasteiger partial charge < -0.3 is 15.2 Å². The van der Waals surface area contributed by atoms with Gasteiger partial charge in [-0.3, -0.25) is 4.79 Å². The van der Waals surface area contributed by atoms with Crippen molar-refractivity contribution in [2.24, 2.45) is 11.3 Å². The minimum absolute atomic E-state index is 0.160. The number of benzene rings is 1. The molecule has 1 aromatic rings. The van der Waals surface area contributed by atoms with Gasteiger partial charge in [0.2, 0.25) is 0 Å². The number of nitrogens with one attached hydrogen (secondary N) is 1. The Bertz CT molecular complexity index is 498. The monoisotopic (exact) mass is 277 g/mol. The minimum Gasteiger partial charge on any atom is -0.481 e. The Kier molecular flexibility index (Phi) is 3.97. The summed E-state index contributed by atoms with van der Waals surface area (Å²) in [6.07, 6.45) is -0.0567. The van der Waals surface area contributed by atoms with E-state index in [0.29, 0.717) is 6.42 Å². The first-order valence-electron chi connectivity index (χ1n) is 6.61. The Balaban J connectivity index is 1.80. The molecular weight excluding hydrogens is 258 g/mol. The van der Waals surface area contributed by atoms with Crippen LogP contribution in [0.3, 0.4) is 0 Å². The van der Waals surface area contributed by atoms with Crippen LogP contribution in [0.15, 0.2) is 30.3 Å². The highest BCUT2D eigenvalue weighted by atomic mass is 16.5. The lowest BCUT2D eigenvalue weighted by Gasteiger charge is -2.49. The van der Waals surface area contributed by atoms with Gasteiger partial charge in [0, 0.05) is 6.04 Å². The standard InChI is InChI=1S/C15H19NO4/c1-15(2)11(13(17)18)8-12(15)16-14(19)20-9-10-6-4-3-5-7-10/h3-7,11-12H,8-9H2,1-2H3,(H,16,19)(H,17,18)/t11-,12-/m0/s1. The summed E-state index contributed by atoms with van der Waals surface area (Å²) in [4.78, 5) is 22.7. The second-order valence-corrected chi connectivity index (χ2v) is 5.71. The Morgan fingerprint density at radius 3 is 2.55 bits per heavy atom. The van der Waals surface area contributed by atoms with Crippen LogP contribution in [0.1, 0.15) is 25.8 Å². The number of hydrogen-bond donors (Lipinski definition) is 2. The van der Waals surface area contributed by atoms with Crippen LogP contribution in [0.4, 0.5) is 4.79 Å². The lowest BCUT2D eigenvalue weighted by Crippen LogP contribution is -2.60. The molecule has 0 aromatic heterocycles. The maximum Gasteiger partial charge on any atom is 0.407 e. The molecule has 1 aliphatic rings. The number of carboxylic acid groups (broad SMARTS) is 1. The van der Waals surface area contributed by atoms with Crippen molar-refractivity contribution < 1.29 is 19.4 Å². The summed E-state index contributed by atoms with van der Waals surface area (Å²) in [6.45, 7) is 3.90. The number of aliphatic carboxylic acids is 1. The molecule has 2 atom stereocenters. The second-order valence-electron chi connectivity index (χ2n) is 5.71. The predicted octanol–water partition coefficient (Wildman–Crippen LogP) is 2.41. The van der Waals surface area contributed by atoms with Crippen molar-refractivity contribution in [1.82, 2.24) is 5.32 Å². The van der Waals surface area contributed by atoms with Gasteiger partial charge in [0.1, 0.15) is 6.61 Å². The highest BCUT2D eigenvalue weighted by molar-refractivity contribution is 5.74. The molecule has 1 saturated carbocycles. The van der Waals surface area contributed by atoms with E-state index in [2.05, 4.69) is 5.32 Å². The molecule has 5 heteroatoms. The zero-order chi connectivity index (χ0) is 14.8. The fraction of sp³-hybridized carbons (Fsp3) is 0.467. The van der Waals surface area contributed by atoms with Crippen LogP contribution in [0.2, 0.25) is 0 Å². The van der Waals surface area contributed by atoms with E-state index in [4.69, 9.17) is 9.84 Å². The van der Waals surface area contributed by atoms with Crippen molar-refractivity contribution in [3.05, 3.63) is 35.9 Å². The van der Waals surface area contributed by atoms with Crippen molar-refractivity contribution in [2.45, 2.75) is 32.9 Å². The molecule has 1 aromatic carbocycles. The average Bonchev–Trinajstić information content (AvgIpc) is 2.41. The van der Waals surface area contributed by atoms with E-state index in [9.17, 15) is 9.59 Å². The Morgan fingerprint density at radius 1 is 1.35 bits per heavy atom. The minimum atomic E-state index is -0.814. The van der Waals surface area contributed by atoms with Gasteiger partial charge in [0.25, 0.3) is 0 Å². The van der Waals surface area contributed by atoms with Gasteiger partial charge in [-0.15, -0.1) is 0 Å². The van der Waals surface area contributed by atoms with Crippen molar-refractivity contribution in [3.8, 4) is 0 Å². The van der Waals surface area contributed by atoms with Crippen LogP contribution in [-0.4, -0.2) is 23.2 Å². The van der Waals surface area contributed by atoms with Crippen molar-refractivity contribution >= 4 is 12.1 Å². The van der Waals surface area contributed by atoms with Crippen LogP contribution in [-0.2, 0) is 16.1 Å². The smallest absolute Gasteiger partial charge is 0.407 e. The summed E-state index contributed by atoms with van der Waals surface area (Å²) in [5, 5.41) is 11.8. The highest BCUT2D eigenvalue weighted by Gasteiger charge is 2.52. The van der Waals surface area contributed by atoms with Crippen LogP contribution in [0.5, 0.6) is 0 Å². The highest BCUT2D eigenvalue weighted by Crippen LogP contribution is 2.46. The molecule has 1 amide bonds. The number of alkyl carbamates (subject to hydrolysis) is 1. The molecule has 5 nitrogen and oxygen atoms in total. The summed E-state index contributed by atoms with van der Waals surface area (Å²) in [7, 11) is 0. The van der Waals surface area contributed by atoms with Gasteiger partial charge in [0.05, 0.1) is 5.92 Å². The number of carboxylic acids is 1. The first-order chi connectivity index (χ1) is 9.41. The molecule has 108 valence electrons. The third-order valence-corrected chi connectivity index (χ3v) is 4.07. The van der Waals surface area contributed by atoms with Gasteiger partial charge >= 0.3 is 12.1 Å². The SMILES string of the molecule is CC1(C)[C@@H](NC(=O)OCc2ccccc2)C[C@H]1C(=O)O. The molecule has 0 aliphatic heterocycles. The number of amides is 1. The quantitative estimate of drug-likeness (QED) is 0.886. The van der Waals surface area contributed by atoms with E-state index in [0.717, 1.165) is 5.56 Å². The summed E-state index contributed by atoms with van der Waals surface area (Å²) >= 11 is 0. The van der Waals surface area contributed by atoms with E-state index in [-0.39, 0.29) is 12.6 Å². The van der Waals surface area contributed by atoms with Gasteiger partial charge in [-0.05, 0) is 17.4 Å². The van der Waals surface area contributed by atoms with Crippen LogP contribution < -0.4 is 5.32 Å². The number of ether oxygens (including phenoxy) is 1. The largest absolute Gasteiger partial charge is 0.481 e. The van der Waals surface area contributed by atoms with Crippen molar-refractivity contribution in [1.29, 1.82) is 0 Å². The maximum absolute atomic E-state index is 11.7. The molecule has 1 aliphatic carbocycles. The topological polar surface area (TPSA) is 75.6 Å². The number of rotatable bonds is 4.